The summed E-state index contributed by atoms with van der Waals surface area (Å²) >= 11 is 0. The van der Waals surface area contributed by atoms with Gasteiger partial charge in [0.05, 0.1) is 6.54 Å². The Balaban J connectivity index is 1.56. The highest BCUT2D eigenvalue weighted by atomic mass is 15.1. The van der Waals surface area contributed by atoms with Crippen LogP contribution in [0.2, 0.25) is 0 Å². The summed E-state index contributed by atoms with van der Waals surface area (Å²) in [4.78, 5) is 4.54. The molecule has 3 N–H and O–H groups in total. The van der Waals surface area contributed by atoms with Gasteiger partial charge in [0, 0.05) is 31.1 Å². The third kappa shape index (κ3) is 1.96. The van der Waals surface area contributed by atoms with Crippen LogP contribution in [0.3, 0.4) is 0 Å². The largest absolute Gasteiger partial charge is 0.372 e. The maximum absolute atomic E-state index is 4.54. The van der Waals surface area contributed by atoms with E-state index in [1.165, 1.54) is 25.2 Å². The van der Waals surface area contributed by atoms with Crippen LogP contribution in [0.15, 0.2) is 4.99 Å². The highest BCUT2D eigenvalue weighted by Gasteiger charge is 2.36. The van der Waals surface area contributed by atoms with Crippen LogP contribution in [0.4, 0.5) is 0 Å². The van der Waals surface area contributed by atoms with Crippen molar-refractivity contribution in [1.29, 1.82) is 0 Å². The highest BCUT2D eigenvalue weighted by Crippen LogP contribution is 2.24. The van der Waals surface area contributed by atoms with Gasteiger partial charge in [-0.05, 0) is 25.3 Å². The molecule has 3 heterocycles. The summed E-state index contributed by atoms with van der Waals surface area (Å²) in [6.45, 7) is 6.63. The number of nitrogens with one attached hydrogen (secondary N) is 3. The van der Waals surface area contributed by atoms with Crippen LogP contribution >= 0.6 is 0 Å². The molecule has 0 bridgehead atoms. The summed E-state index contributed by atoms with van der Waals surface area (Å²) in [5.74, 6) is 2.72. The summed E-state index contributed by atoms with van der Waals surface area (Å²) in [5, 5.41) is 10.7. The number of hydrogen-bond donors (Lipinski definition) is 3. The Kier molecular flexibility index (Phi) is 2.86. The van der Waals surface area contributed by atoms with Crippen LogP contribution in [-0.4, -0.2) is 44.1 Å². The molecule has 4 nitrogen and oxygen atoms in total. The summed E-state index contributed by atoms with van der Waals surface area (Å²) in [6, 6.07) is 1.34. The molecule has 3 aliphatic heterocycles. The number of amidine groups is 1. The van der Waals surface area contributed by atoms with E-state index < -0.39 is 0 Å². The summed E-state index contributed by atoms with van der Waals surface area (Å²) < 4.78 is 0. The average molecular weight is 222 g/mol. The Hall–Kier alpha value is -0.610. The quantitative estimate of drug-likeness (QED) is 0.615. The first-order valence-corrected chi connectivity index (χ1v) is 6.58. The Morgan fingerprint density at radius 2 is 1.94 bits per heavy atom. The van der Waals surface area contributed by atoms with Crippen LogP contribution < -0.4 is 16.0 Å². The average Bonchev–Trinajstić information content (AvgIpc) is 2.97. The van der Waals surface area contributed by atoms with E-state index in [0.29, 0.717) is 18.0 Å². The normalized spacial score (nSPS) is 43.4. The minimum atomic E-state index is 0.630. The fourth-order valence-corrected chi connectivity index (χ4v) is 3.23. The highest BCUT2D eigenvalue weighted by molar-refractivity contribution is 5.86. The second-order valence-electron chi connectivity index (χ2n) is 5.50. The molecule has 4 heteroatoms. The number of hydrogen-bond acceptors (Lipinski definition) is 4. The smallest absolute Gasteiger partial charge is 0.101 e. The zero-order chi connectivity index (χ0) is 11.0. The molecule has 4 unspecified atom stereocenters. The summed E-state index contributed by atoms with van der Waals surface area (Å²) in [7, 11) is 0. The fourth-order valence-electron chi connectivity index (χ4n) is 3.23. The van der Waals surface area contributed by atoms with Gasteiger partial charge < -0.3 is 16.0 Å². The molecule has 3 aliphatic rings. The molecule has 16 heavy (non-hydrogen) atoms. The predicted molar refractivity (Wildman–Crippen MR) is 65.8 cm³/mol. The second-order valence-corrected chi connectivity index (χ2v) is 5.50. The molecule has 0 aliphatic carbocycles. The number of aliphatic imine (C=N–C) groups is 1. The lowest BCUT2D eigenvalue weighted by Crippen LogP contribution is -2.40. The van der Waals surface area contributed by atoms with E-state index in [2.05, 4.69) is 27.9 Å². The minimum absolute atomic E-state index is 0.630. The molecule has 0 aromatic carbocycles. The minimum Gasteiger partial charge on any atom is -0.372 e. The van der Waals surface area contributed by atoms with Gasteiger partial charge in [0.1, 0.15) is 5.84 Å². The lowest BCUT2D eigenvalue weighted by atomic mass is 9.97. The summed E-state index contributed by atoms with van der Waals surface area (Å²) in [5.41, 5.74) is 0. The predicted octanol–water partition coefficient (Wildman–Crippen LogP) is -0.0358. The van der Waals surface area contributed by atoms with E-state index in [0.717, 1.165) is 25.6 Å². The van der Waals surface area contributed by atoms with Gasteiger partial charge in [-0.1, -0.05) is 6.92 Å². The van der Waals surface area contributed by atoms with Crippen molar-refractivity contribution in [3.05, 3.63) is 0 Å². The van der Waals surface area contributed by atoms with Gasteiger partial charge in [0.2, 0.25) is 0 Å². The van der Waals surface area contributed by atoms with E-state index in [9.17, 15) is 0 Å². The number of nitrogens with zero attached hydrogens (tertiary/aromatic N) is 1. The van der Waals surface area contributed by atoms with Crippen LogP contribution in [0, 0.1) is 11.8 Å². The molecule has 3 rings (SSSR count). The van der Waals surface area contributed by atoms with Gasteiger partial charge >= 0.3 is 0 Å². The molecule has 2 saturated heterocycles. The fraction of sp³-hybridized carbons (Fsp3) is 0.917. The van der Waals surface area contributed by atoms with Crippen molar-refractivity contribution < 1.29 is 0 Å². The van der Waals surface area contributed by atoms with Crippen molar-refractivity contribution in [2.24, 2.45) is 16.8 Å². The van der Waals surface area contributed by atoms with Gasteiger partial charge in [-0.2, -0.15) is 0 Å². The molecular weight excluding hydrogens is 200 g/mol. The van der Waals surface area contributed by atoms with Crippen molar-refractivity contribution in [3.63, 3.8) is 0 Å². The van der Waals surface area contributed by atoms with E-state index in [1.54, 1.807) is 0 Å². The van der Waals surface area contributed by atoms with Crippen LogP contribution in [0.5, 0.6) is 0 Å². The first kappa shape index (κ1) is 10.5. The molecule has 2 fully saturated rings. The van der Waals surface area contributed by atoms with Crippen molar-refractivity contribution in [2.75, 3.05) is 26.2 Å². The topological polar surface area (TPSA) is 48.5 Å². The maximum atomic E-state index is 4.54. The third-order valence-electron chi connectivity index (χ3n) is 4.12. The van der Waals surface area contributed by atoms with Crippen LogP contribution in [0.1, 0.15) is 19.8 Å². The van der Waals surface area contributed by atoms with Crippen LogP contribution in [0.25, 0.3) is 0 Å². The van der Waals surface area contributed by atoms with Gasteiger partial charge in [-0.15, -0.1) is 0 Å². The molecule has 0 aromatic heterocycles. The van der Waals surface area contributed by atoms with E-state index in [1.807, 2.05) is 0 Å². The van der Waals surface area contributed by atoms with E-state index in [4.69, 9.17) is 0 Å². The molecule has 90 valence electrons. The zero-order valence-electron chi connectivity index (χ0n) is 10.00. The Labute approximate surface area is 97.3 Å². The number of rotatable bonds is 2. The molecule has 0 aromatic rings. The molecule has 0 radical (unpaired) electrons. The van der Waals surface area contributed by atoms with Gasteiger partial charge in [0.15, 0.2) is 0 Å². The first-order valence-electron chi connectivity index (χ1n) is 6.58. The zero-order valence-corrected chi connectivity index (χ0v) is 10.00. The Morgan fingerprint density at radius 1 is 1.12 bits per heavy atom. The van der Waals surface area contributed by atoms with E-state index in [-0.39, 0.29) is 0 Å². The Morgan fingerprint density at radius 3 is 2.62 bits per heavy atom. The molecule has 4 atom stereocenters. The standard InChI is InChI=1S/C12H22N4/c1-8-4-10(15-6-8)11-5-9(7-16-11)12-13-2-3-14-12/h8-11,15-16H,2-7H2,1H3,(H,13,14). The Bertz CT molecular complexity index is 289. The van der Waals surface area contributed by atoms with Gasteiger partial charge in [0.25, 0.3) is 0 Å². The molecule has 0 saturated carbocycles. The van der Waals surface area contributed by atoms with E-state index >= 15 is 0 Å². The molecular formula is C12H22N4. The first-order chi connectivity index (χ1) is 7.83. The summed E-state index contributed by atoms with van der Waals surface area (Å²) in [6.07, 6.45) is 2.57. The molecule has 0 spiro atoms. The van der Waals surface area contributed by atoms with Gasteiger partial charge in [-0.3, -0.25) is 4.99 Å². The lowest BCUT2D eigenvalue weighted by Gasteiger charge is -2.19. The van der Waals surface area contributed by atoms with Gasteiger partial charge in [-0.25, -0.2) is 0 Å². The lowest BCUT2D eigenvalue weighted by molar-refractivity contribution is 0.438. The third-order valence-corrected chi connectivity index (χ3v) is 4.12. The van der Waals surface area contributed by atoms with Crippen LogP contribution in [-0.2, 0) is 0 Å². The SMILES string of the molecule is CC1CNC(C2CC(C3=NCCN3)CN2)C1. The van der Waals surface area contributed by atoms with Crippen molar-refractivity contribution in [2.45, 2.75) is 31.8 Å². The maximum Gasteiger partial charge on any atom is 0.101 e. The van der Waals surface area contributed by atoms with Crippen molar-refractivity contribution in [3.8, 4) is 0 Å². The second kappa shape index (κ2) is 4.34. The van der Waals surface area contributed by atoms with Crippen molar-refractivity contribution in [1.82, 2.24) is 16.0 Å². The monoisotopic (exact) mass is 222 g/mol. The molecule has 0 amide bonds. The van der Waals surface area contributed by atoms with Crippen molar-refractivity contribution >= 4 is 5.84 Å².